The van der Waals surface area contributed by atoms with Crippen molar-refractivity contribution in [3.63, 3.8) is 0 Å². The molecule has 0 aliphatic carbocycles. The minimum atomic E-state index is -0.344. The summed E-state index contributed by atoms with van der Waals surface area (Å²) in [7, 11) is 1.65. The molecule has 0 unspecified atom stereocenters. The number of carbonyl (C=O) groups excluding carboxylic acids is 1. The normalized spacial score (nSPS) is 9.57. The van der Waals surface area contributed by atoms with Crippen LogP contribution in [0.15, 0.2) is 30.3 Å². The van der Waals surface area contributed by atoms with Crippen LogP contribution in [-0.2, 0) is 11.3 Å². The molecule has 1 radical (unpaired) electrons. The third-order valence-corrected chi connectivity index (χ3v) is 1.85. The average Bonchev–Trinajstić information content (AvgIpc) is 2.26. The first-order valence-electron chi connectivity index (χ1n) is 4.45. The van der Waals surface area contributed by atoms with Crippen LogP contribution in [0, 0.1) is 6.92 Å². The highest BCUT2D eigenvalue weighted by Crippen LogP contribution is 2.01. The SMILES string of the molecule is [CH2]CN(C)C(=O)OCc1ccccc1. The number of carbonyl (C=O) groups is 1. The maximum Gasteiger partial charge on any atom is 0.409 e. The first-order valence-corrected chi connectivity index (χ1v) is 4.45. The maximum absolute atomic E-state index is 11.2. The zero-order valence-corrected chi connectivity index (χ0v) is 8.27. The van der Waals surface area contributed by atoms with E-state index in [1.807, 2.05) is 30.3 Å². The number of nitrogens with zero attached hydrogens (tertiary/aromatic N) is 1. The summed E-state index contributed by atoms with van der Waals surface area (Å²) in [4.78, 5) is 12.6. The lowest BCUT2D eigenvalue weighted by Gasteiger charge is -2.14. The average molecular weight is 192 g/mol. The molecule has 0 bridgehead atoms. The van der Waals surface area contributed by atoms with Gasteiger partial charge in [-0.05, 0) is 12.5 Å². The monoisotopic (exact) mass is 192 g/mol. The Hall–Kier alpha value is -1.51. The highest BCUT2D eigenvalue weighted by molar-refractivity contribution is 5.67. The predicted molar refractivity (Wildman–Crippen MR) is 54.6 cm³/mol. The fourth-order valence-corrected chi connectivity index (χ4v) is 0.921. The van der Waals surface area contributed by atoms with Gasteiger partial charge in [-0.2, -0.15) is 0 Å². The first-order chi connectivity index (χ1) is 6.74. The summed E-state index contributed by atoms with van der Waals surface area (Å²) in [5, 5.41) is 0. The molecule has 1 rings (SSSR count). The van der Waals surface area contributed by atoms with Gasteiger partial charge in [-0.25, -0.2) is 4.79 Å². The van der Waals surface area contributed by atoms with E-state index in [0.717, 1.165) is 5.56 Å². The van der Waals surface area contributed by atoms with Crippen molar-refractivity contribution in [3.05, 3.63) is 42.8 Å². The Labute approximate surface area is 84.3 Å². The molecule has 0 aromatic heterocycles. The van der Waals surface area contributed by atoms with Crippen molar-refractivity contribution in [2.75, 3.05) is 13.6 Å². The number of amides is 1. The van der Waals surface area contributed by atoms with Crippen molar-refractivity contribution in [2.24, 2.45) is 0 Å². The molecule has 3 heteroatoms. The Morgan fingerprint density at radius 2 is 2.07 bits per heavy atom. The molecular formula is C11H14NO2. The molecule has 0 aliphatic rings. The van der Waals surface area contributed by atoms with Crippen LogP contribution in [0.5, 0.6) is 0 Å². The highest BCUT2D eigenvalue weighted by atomic mass is 16.6. The lowest BCUT2D eigenvalue weighted by molar-refractivity contribution is 0.108. The van der Waals surface area contributed by atoms with Crippen molar-refractivity contribution < 1.29 is 9.53 Å². The number of ether oxygens (including phenoxy) is 1. The lowest BCUT2D eigenvalue weighted by atomic mass is 10.2. The summed E-state index contributed by atoms with van der Waals surface area (Å²) >= 11 is 0. The molecule has 1 aromatic rings. The van der Waals surface area contributed by atoms with Gasteiger partial charge < -0.3 is 9.64 Å². The maximum atomic E-state index is 11.2. The lowest BCUT2D eigenvalue weighted by Crippen LogP contribution is -2.26. The van der Waals surface area contributed by atoms with E-state index in [1.165, 1.54) is 4.90 Å². The summed E-state index contributed by atoms with van der Waals surface area (Å²) in [5.74, 6) is 0. The molecule has 0 heterocycles. The van der Waals surface area contributed by atoms with Crippen LogP contribution in [0.3, 0.4) is 0 Å². The quantitative estimate of drug-likeness (QED) is 0.733. The van der Waals surface area contributed by atoms with Crippen LogP contribution in [0.2, 0.25) is 0 Å². The van der Waals surface area contributed by atoms with Gasteiger partial charge in [-0.1, -0.05) is 30.3 Å². The summed E-state index contributed by atoms with van der Waals surface area (Å²) in [6, 6.07) is 9.57. The van der Waals surface area contributed by atoms with E-state index in [-0.39, 0.29) is 6.09 Å². The van der Waals surface area contributed by atoms with Gasteiger partial charge in [0.05, 0.1) is 0 Å². The van der Waals surface area contributed by atoms with E-state index in [9.17, 15) is 4.79 Å². The molecule has 0 spiro atoms. The number of hydrogen-bond donors (Lipinski definition) is 0. The van der Waals surface area contributed by atoms with Crippen molar-refractivity contribution in [3.8, 4) is 0 Å². The van der Waals surface area contributed by atoms with Crippen molar-refractivity contribution in [2.45, 2.75) is 6.61 Å². The second-order valence-corrected chi connectivity index (χ2v) is 2.96. The molecule has 0 N–H and O–H groups in total. The van der Waals surface area contributed by atoms with Crippen LogP contribution in [0.1, 0.15) is 5.56 Å². The van der Waals surface area contributed by atoms with Gasteiger partial charge in [0.25, 0.3) is 0 Å². The minimum absolute atomic E-state index is 0.310. The smallest absolute Gasteiger partial charge is 0.409 e. The summed E-state index contributed by atoms with van der Waals surface area (Å²) in [6.07, 6.45) is -0.344. The van der Waals surface area contributed by atoms with Gasteiger partial charge in [0, 0.05) is 13.6 Å². The zero-order valence-electron chi connectivity index (χ0n) is 8.27. The molecular weight excluding hydrogens is 178 g/mol. The first kappa shape index (κ1) is 10.6. The van der Waals surface area contributed by atoms with Gasteiger partial charge in [-0.3, -0.25) is 0 Å². The van der Waals surface area contributed by atoms with Gasteiger partial charge in [0.1, 0.15) is 6.61 Å². The highest BCUT2D eigenvalue weighted by Gasteiger charge is 2.06. The van der Waals surface area contributed by atoms with Crippen molar-refractivity contribution >= 4 is 6.09 Å². The van der Waals surface area contributed by atoms with E-state index in [4.69, 9.17) is 4.74 Å². The number of hydrogen-bond acceptors (Lipinski definition) is 2. The van der Waals surface area contributed by atoms with Crippen LogP contribution >= 0.6 is 0 Å². The largest absolute Gasteiger partial charge is 0.445 e. The van der Waals surface area contributed by atoms with E-state index in [0.29, 0.717) is 13.2 Å². The van der Waals surface area contributed by atoms with Crippen molar-refractivity contribution in [1.29, 1.82) is 0 Å². The zero-order chi connectivity index (χ0) is 10.4. The Bertz CT molecular complexity index is 285. The number of benzene rings is 1. The van der Waals surface area contributed by atoms with Crippen LogP contribution < -0.4 is 0 Å². The fraction of sp³-hybridized carbons (Fsp3) is 0.273. The van der Waals surface area contributed by atoms with Crippen LogP contribution in [0.4, 0.5) is 4.79 Å². The van der Waals surface area contributed by atoms with E-state index >= 15 is 0 Å². The summed E-state index contributed by atoms with van der Waals surface area (Å²) in [5.41, 5.74) is 0.985. The molecule has 0 saturated carbocycles. The third-order valence-electron chi connectivity index (χ3n) is 1.85. The second-order valence-electron chi connectivity index (χ2n) is 2.96. The summed E-state index contributed by atoms with van der Waals surface area (Å²) < 4.78 is 5.03. The topological polar surface area (TPSA) is 29.5 Å². The Morgan fingerprint density at radius 1 is 1.43 bits per heavy atom. The van der Waals surface area contributed by atoms with E-state index in [1.54, 1.807) is 7.05 Å². The molecule has 0 fully saturated rings. The Balaban J connectivity index is 2.38. The molecule has 0 aliphatic heterocycles. The fourth-order valence-electron chi connectivity index (χ4n) is 0.921. The van der Waals surface area contributed by atoms with Crippen LogP contribution in [0.25, 0.3) is 0 Å². The minimum Gasteiger partial charge on any atom is -0.445 e. The Kier molecular flexibility index (Phi) is 3.98. The second kappa shape index (κ2) is 5.27. The van der Waals surface area contributed by atoms with E-state index < -0.39 is 0 Å². The summed E-state index contributed by atoms with van der Waals surface area (Å²) in [6.45, 7) is 4.31. The molecule has 3 nitrogen and oxygen atoms in total. The standard InChI is InChI=1S/C11H14NO2/c1-3-12(2)11(13)14-9-10-7-5-4-6-8-10/h4-8H,1,3,9H2,2H3. The molecule has 14 heavy (non-hydrogen) atoms. The number of rotatable bonds is 3. The molecule has 0 atom stereocenters. The Morgan fingerprint density at radius 3 is 2.64 bits per heavy atom. The van der Waals surface area contributed by atoms with Crippen molar-refractivity contribution in [1.82, 2.24) is 4.90 Å². The molecule has 75 valence electrons. The van der Waals surface area contributed by atoms with Gasteiger partial charge in [0.15, 0.2) is 0 Å². The van der Waals surface area contributed by atoms with Crippen LogP contribution in [-0.4, -0.2) is 24.6 Å². The third kappa shape index (κ3) is 3.09. The molecule has 1 amide bonds. The molecule has 0 saturated heterocycles. The van der Waals surface area contributed by atoms with Gasteiger partial charge >= 0.3 is 6.09 Å². The van der Waals surface area contributed by atoms with Gasteiger partial charge in [0.2, 0.25) is 0 Å². The predicted octanol–water partition coefficient (Wildman–Crippen LogP) is 2.09. The van der Waals surface area contributed by atoms with E-state index in [2.05, 4.69) is 6.92 Å². The van der Waals surface area contributed by atoms with Gasteiger partial charge in [-0.15, -0.1) is 0 Å². The molecule has 1 aromatic carbocycles.